The lowest BCUT2D eigenvalue weighted by Crippen LogP contribution is -2.54. The summed E-state index contributed by atoms with van der Waals surface area (Å²) >= 11 is 5.23. The molecule has 1 aromatic heterocycles. The number of thiocarbonyl (C=S) groups is 1. The van der Waals surface area contributed by atoms with Gasteiger partial charge in [0.05, 0.1) is 82.2 Å². The van der Waals surface area contributed by atoms with Crippen molar-refractivity contribution in [1.29, 1.82) is 0 Å². The zero-order valence-corrected chi connectivity index (χ0v) is 37.6. The number of nitrogens with zero attached hydrogens (tertiary/aromatic N) is 3. The largest absolute Gasteiger partial charge is 0.490 e. The second-order valence-corrected chi connectivity index (χ2v) is 18.2. The van der Waals surface area contributed by atoms with Crippen LogP contribution in [0, 0.1) is 0 Å². The fraction of sp³-hybridized carbons (Fsp3) is 0.422. The van der Waals surface area contributed by atoms with E-state index in [9.17, 15) is 32.4 Å². The van der Waals surface area contributed by atoms with E-state index in [0.29, 0.717) is 69.6 Å². The summed E-state index contributed by atoms with van der Waals surface area (Å²) in [5.74, 6) is -2.37. The van der Waals surface area contributed by atoms with Crippen molar-refractivity contribution in [3.63, 3.8) is 0 Å². The van der Waals surface area contributed by atoms with Gasteiger partial charge in [0.2, 0.25) is 27.7 Å². The zero-order chi connectivity index (χ0) is 46.1. The molecule has 4 heterocycles. The molecule has 65 heavy (non-hydrogen) atoms. The molecule has 5 amide bonds. The minimum absolute atomic E-state index is 0.0335. The molecule has 2 saturated heterocycles. The third kappa shape index (κ3) is 11.6. The van der Waals surface area contributed by atoms with Crippen LogP contribution in [0.25, 0.3) is 22.0 Å². The Balaban J connectivity index is 0.770. The molecule has 7 rings (SSSR count). The van der Waals surface area contributed by atoms with Gasteiger partial charge in [-0.25, -0.2) is 12.7 Å². The molecule has 3 aliphatic rings. The van der Waals surface area contributed by atoms with E-state index in [1.807, 2.05) is 42.5 Å². The van der Waals surface area contributed by atoms with Crippen molar-refractivity contribution in [1.82, 2.24) is 19.1 Å². The van der Waals surface area contributed by atoms with E-state index in [2.05, 4.69) is 21.4 Å². The molecular weight excluding hydrogens is 881 g/mol. The van der Waals surface area contributed by atoms with Gasteiger partial charge in [-0.1, -0.05) is 42.5 Å². The summed E-state index contributed by atoms with van der Waals surface area (Å²) in [6, 6.07) is 17.2. The monoisotopic (exact) mass is 932 g/mol. The minimum Gasteiger partial charge on any atom is -0.490 e. The van der Waals surface area contributed by atoms with E-state index in [0.717, 1.165) is 32.5 Å². The Labute approximate surface area is 381 Å². The summed E-state index contributed by atoms with van der Waals surface area (Å²) in [5, 5.41) is 6.14. The summed E-state index contributed by atoms with van der Waals surface area (Å²) in [5.41, 5.74) is 10.4. The maximum atomic E-state index is 13.2. The average Bonchev–Trinajstić information content (AvgIpc) is 3.78. The molecule has 0 saturated carbocycles. The molecule has 0 spiro atoms. The topological polar surface area (TPSA) is 227 Å². The molecule has 2 fully saturated rings. The highest BCUT2D eigenvalue weighted by Gasteiger charge is 2.46. The van der Waals surface area contributed by atoms with Crippen molar-refractivity contribution in [3.05, 3.63) is 83.6 Å². The van der Waals surface area contributed by atoms with Gasteiger partial charge in [-0.2, -0.15) is 0 Å². The number of aromatic nitrogens is 1. The molecule has 4 N–H and O–H groups in total. The van der Waals surface area contributed by atoms with Crippen LogP contribution in [0.2, 0.25) is 0 Å². The van der Waals surface area contributed by atoms with Crippen molar-refractivity contribution < 1.29 is 56.1 Å². The lowest BCUT2D eigenvalue weighted by molar-refractivity contribution is -0.136. The van der Waals surface area contributed by atoms with Gasteiger partial charge in [0.25, 0.3) is 11.8 Å². The summed E-state index contributed by atoms with van der Waals surface area (Å²) in [4.78, 5) is 64.2. The number of nitrogens with one attached hydrogen (secondary N) is 2. The van der Waals surface area contributed by atoms with Crippen LogP contribution >= 0.6 is 12.2 Å². The highest BCUT2D eigenvalue weighted by molar-refractivity contribution is 7.88. The van der Waals surface area contributed by atoms with E-state index in [1.165, 1.54) is 16.6 Å². The standard InChI is InChI=1S/C45H52N6O12S2/c1-65(57,58)49-15-12-32(13-16-49)50-28-35(29-4-2-5-30(26-29)42(46)64)33-9-8-31(27-37(33)50)47-40(53)14-17-59-18-19-60-20-21-61-22-23-62-24-25-63-38-7-3-6-34-41(38)45(56)51(44(34)55)36-10-11-39(52)48-43(36)54/h2-9,26-28,32,36H,10-25H2,1H3,(H2,46,64)(H,47,53)(H,48,52,54). The van der Waals surface area contributed by atoms with Crippen molar-refractivity contribution in [2.45, 2.75) is 44.2 Å². The van der Waals surface area contributed by atoms with Crippen LogP contribution < -0.4 is 21.1 Å². The number of carbonyl (C=O) groups excluding carboxylic acids is 5. The molecule has 0 bridgehead atoms. The van der Waals surface area contributed by atoms with Gasteiger partial charge >= 0.3 is 0 Å². The van der Waals surface area contributed by atoms with E-state index >= 15 is 0 Å². The van der Waals surface area contributed by atoms with Gasteiger partial charge in [-0.15, -0.1) is 0 Å². The molecule has 1 unspecified atom stereocenters. The van der Waals surface area contributed by atoms with E-state index < -0.39 is 39.7 Å². The first-order valence-corrected chi connectivity index (χ1v) is 23.6. The Bertz CT molecular complexity index is 2560. The number of amides is 5. The van der Waals surface area contributed by atoms with Gasteiger partial charge in [-0.05, 0) is 55.2 Å². The van der Waals surface area contributed by atoms with Gasteiger partial charge < -0.3 is 39.3 Å². The van der Waals surface area contributed by atoms with E-state index in [1.54, 1.807) is 12.1 Å². The van der Waals surface area contributed by atoms with E-state index in [4.69, 9.17) is 41.6 Å². The Morgan fingerprint density at radius 3 is 2.14 bits per heavy atom. The first-order valence-electron chi connectivity index (χ1n) is 21.4. The molecule has 0 radical (unpaired) electrons. The molecule has 4 aromatic rings. The summed E-state index contributed by atoms with van der Waals surface area (Å²) in [7, 11) is -3.28. The number of carbonyl (C=O) groups is 5. The average molecular weight is 933 g/mol. The van der Waals surface area contributed by atoms with E-state index in [-0.39, 0.29) is 74.5 Å². The smallest absolute Gasteiger partial charge is 0.266 e. The van der Waals surface area contributed by atoms with Gasteiger partial charge in [0.1, 0.15) is 23.4 Å². The minimum atomic E-state index is -3.28. The van der Waals surface area contributed by atoms with Gasteiger partial charge in [-0.3, -0.25) is 34.2 Å². The summed E-state index contributed by atoms with van der Waals surface area (Å²) < 4.78 is 56.1. The van der Waals surface area contributed by atoms with Crippen LogP contribution in [0.15, 0.2) is 66.9 Å². The molecule has 0 aliphatic carbocycles. The number of piperidine rings is 2. The third-order valence-corrected chi connectivity index (χ3v) is 12.9. The van der Waals surface area contributed by atoms with Gasteiger partial charge in [0, 0.05) is 53.9 Å². The lowest BCUT2D eigenvalue weighted by Gasteiger charge is -2.31. The number of fused-ring (bicyclic) bond motifs is 2. The van der Waals surface area contributed by atoms with Crippen LogP contribution in [0.3, 0.4) is 0 Å². The zero-order valence-electron chi connectivity index (χ0n) is 36.0. The number of anilines is 1. The van der Waals surface area contributed by atoms with Crippen molar-refractivity contribution in [2.75, 3.05) is 84.1 Å². The number of rotatable bonds is 22. The van der Waals surface area contributed by atoms with Gasteiger partial charge in [0.15, 0.2) is 0 Å². The predicted octanol–water partition coefficient (Wildman–Crippen LogP) is 3.41. The molecule has 1 atom stereocenters. The second-order valence-electron chi connectivity index (χ2n) is 15.7. The quantitative estimate of drug-likeness (QED) is 0.0584. The van der Waals surface area contributed by atoms with Crippen LogP contribution in [0.5, 0.6) is 5.75 Å². The normalized spacial score (nSPS) is 17.1. The number of nitrogens with two attached hydrogens (primary N) is 1. The van der Waals surface area contributed by atoms with Crippen LogP contribution in [-0.2, 0) is 43.4 Å². The van der Waals surface area contributed by atoms with Crippen molar-refractivity contribution in [2.24, 2.45) is 5.73 Å². The van der Waals surface area contributed by atoms with Crippen molar-refractivity contribution in [3.8, 4) is 16.9 Å². The Morgan fingerprint density at radius 2 is 1.48 bits per heavy atom. The van der Waals surface area contributed by atoms with Crippen molar-refractivity contribution >= 4 is 73.4 Å². The van der Waals surface area contributed by atoms with Crippen LogP contribution in [0.1, 0.15) is 64.4 Å². The number of hydrogen-bond acceptors (Lipinski definition) is 13. The number of imide groups is 2. The fourth-order valence-corrected chi connectivity index (χ4v) is 9.12. The number of hydrogen-bond donors (Lipinski definition) is 3. The Morgan fingerprint density at radius 1 is 0.815 bits per heavy atom. The maximum absolute atomic E-state index is 13.2. The highest BCUT2D eigenvalue weighted by atomic mass is 32.2. The number of benzene rings is 3. The molecule has 20 heteroatoms. The first kappa shape index (κ1) is 47.4. The van der Waals surface area contributed by atoms with Crippen LogP contribution in [0.4, 0.5) is 5.69 Å². The lowest BCUT2D eigenvalue weighted by atomic mass is 10.0. The molecule has 3 aromatic carbocycles. The number of ether oxygens (including phenoxy) is 5. The summed E-state index contributed by atoms with van der Waals surface area (Å²) in [6.07, 6.45) is 4.86. The van der Waals surface area contributed by atoms with Crippen LogP contribution in [-0.4, -0.2) is 142 Å². The second kappa shape index (κ2) is 21.6. The highest BCUT2D eigenvalue weighted by Crippen LogP contribution is 2.38. The molecule has 18 nitrogen and oxygen atoms in total. The number of sulfonamides is 1. The SMILES string of the molecule is CS(=O)(=O)N1CCC(n2cc(-c3cccc(C(N)=S)c3)c3ccc(NC(=O)CCOCCOCCOCCOCCOc4cccc5c4C(=O)N(C4CCC(=O)NC4=O)C5=O)cc32)CC1. The summed E-state index contributed by atoms with van der Waals surface area (Å²) in [6.45, 7) is 3.24. The Hall–Kier alpha value is -5.61. The molecular formula is C45H52N6O12S2. The fourth-order valence-electron chi connectivity index (χ4n) is 8.12. The molecule has 346 valence electrons. The molecule has 3 aliphatic heterocycles. The first-order chi connectivity index (χ1) is 31.3. The predicted molar refractivity (Wildman–Crippen MR) is 243 cm³/mol. The third-order valence-electron chi connectivity index (χ3n) is 11.4. The maximum Gasteiger partial charge on any atom is 0.266 e. The Kier molecular flexibility index (Phi) is 15.7.